The first-order valence-corrected chi connectivity index (χ1v) is 7.43. The van der Waals surface area contributed by atoms with Gasteiger partial charge in [0.1, 0.15) is 5.60 Å². The normalized spacial score (nSPS) is 31.2. The first-order valence-electron chi connectivity index (χ1n) is 7.43. The van der Waals surface area contributed by atoms with Crippen LogP contribution < -0.4 is 0 Å². The highest BCUT2D eigenvalue weighted by Crippen LogP contribution is 2.48. The molecule has 0 amide bonds. The predicted molar refractivity (Wildman–Crippen MR) is 77.7 cm³/mol. The van der Waals surface area contributed by atoms with Crippen LogP contribution in [0.2, 0.25) is 0 Å². The van der Waals surface area contributed by atoms with Gasteiger partial charge in [-0.25, -0.2) is 4.79 Å². The highest BCUT2D eigenvalue weighted by atomic mass is 16.6. The van der Waals surface area contributed by atoms with Crippen LogP contribution >= 0.6 is 0 Å². The van der Waals surface area contributed by atoms with E-state index >= 15 is 0 Å². The SMILES string of the molecule is C/C(=C\C=C/[C@@H]1C[C@H]2CC[C@@H]1C2)C(=O)OC(C)(C)C. The monoisotopic (exact) mass is 262 g/mol. The van der Waals surface area contributed by atoms with E-state index < -0.39 is 5.60 Å². The summed E-state index contributed by atoms with van der Waals surface area (Å²) in [5.41, 5.74) is 0.259. The highest BCUT2D eigenvalue weighted by Gasteiger charge is 2.37. The van der Waals surface area contributed by atoms with Gasteiger partial charge in [0.05, 0.1) is 0 Å². The molecular formula is C17H26O2. The summed E-state index contributed by atoms with van der Waals surface area (Å²) in [7, 11) is 0. The zero-order chi connectivity index (χ0) is 14.0. The highest BCUT2D eigenvalue weighted by molar-refractivity contribution is 5.88. The second-order valence-electron chi connectivity index (χ2n) is 7.08. The second kappa shape index (κ2) is 5.52. The lowest BCUT2D eigenvalue weighted by molar-refractivity contribution is -0.149. The van der Waals surface area contributed by atoms with Crippen LogP contribution in [0.4, 0.5) is 0 Å². The Kier molecular flexibility index (Phi) is 4.17. The third-order valence-electron chi connectivity index (χ3n) is 4.22. The standard InChI is InChI=1S/C17H26O2/c1-12(16(18)19-17(2,3)4)6-5-7-14-10-13-8-9-15(14)11-13/h5-7,13-15H,8-11H2,1-4H3/b7-5-,12-6+/t13-,14-,15-/m1/s1. The number of ether oxygens (including phenoxy) is 1. The second-order valence-corrected chi connectivity index (χ2v) is 7.08. The van der Waals surface area contributed by atoms with Gasteiger partial charge in [-0.15, -0.1) is 0 Å². The molecule has 0 unspecified atom stereocenters. The van der Waals surface area contributed by atoms with E-state index in [9.17, 15) is 4.79 Å². The maximum atomic E-state index is 11.8. The summed E-state index contributed by atoms with van der Waals surface area (Å²) in [5, 5.41) is 0. The fraction of sp³-hybridized carbons (Fsp3) is 0.706. The molecule has 2 aliphatic rings. The maximum Gasteiger partial charge on any atom is 0.334 e. The lowest BCUT2D eigenvalue weighted by Gasteiger charge is -2.19. The summed E-state index contributed by atoms with van der Waals surface area (Å²) >= 11 is 0. The van der Waals surface area contributed by atoms with Crippen molar-refractivity contribution in [1.29, 1.82) is 0 Å². The van der Waals surface area contributed by atoms with Crippen LogP contribution in [-0.2, 0) is 9.53 Å². The van der Waals surface area contributed by atoms with E-state index in [0.29, 0.717) is 5.57 Å². The number of allylic oxidation sites excluding steroid dienone is 3. The summed E-state index contributed by atoms with van der Waals surface area (Å²) in [6.45, 7) is 7.50. The summed E-state index contributed by atoms with van der Waals surface area (Å²) in [6, 6.07) is 0. The van der Waals surface area contributed by atoms with Crippen molar-refractivity contribution < 1.29 is 9.53 Å². The molecule has 0 spiro atoms. The minimum atomic E-state index is -0.416. The Bertz CT molecular complexity index is 398. The van der Waals surface area contributed by atoms with E-state index in [1.165, 1.54) is 25.7 Å². The van der Waals surface area contributed by atoms with Crippen LogP contribution in [0.25, 0.3) is 0 Å². The molecular weight excluding hydrogens is 236 g/mol. The average molecular weight is 262 g/mol. The molecule has 19 heavy (non-hydrogen) atoms. The average Bonchev–Trinajstić information content (AvgIpc) is 2.88. The maximum absolute atomic E-state index is 11.8. The predicted octanol–water partition coefficient (Wildman–Crippen LogP) is 4.27. The van der Waals surface area contributed by atoms with Gasteiger partial charge in [0.25, 0.3) is 0 Å². The number of esters is 1. The number of rotatable bonds is 3. The Labute approximate surface area is 116 Å². The first kappa shape index (κ1) is 14.4. The summed E-state index contributed by atoms with van der Waals surface area (Å²) in [5.74, 6) is 2.39. The molecule has 0 aliphatic heterocycles. The van der Waals surface area contributed by atoms with Gasteiger partial charge >= 0.3 is 5.97 Å². The number of carbonyl (C=O) groups is 1. The first-order chi connectivity index (χ1) is 8.85. The van der Waals surface area contributed by atoms with Crippen molar-refractivity contribution >= 4 is 5.97 Å². The molecule has 0 radical (unpaired) electrons. The Morgan fingerprint density at radius 1 is 1.21 bits per heavy atom. The minimum Gasteiger partial charge on any atom is -0.457 e. The van der Waals surface area contributed by atoms with E-state index in [2.05, 4.69) is 6.08 Å². The molecule has 3 atom stereocenters. The fourth-order valence-electron chi connectivity index (χ4n) is 3.30. The Morgan fingerprint density at radius 2 is 1.95 bits per heavy atom. The van der Waals surface area contributed by atoms with E-state index in [0.717, 1.165) is 17.8 Å². The Hall–Kier alpha value is -1.05. The smallest absolute Gasteiger partial charge is 0.334 e. The minimum absolute atomic E-state index is 0.218. The van der Waals surface area contributed by atoms with E-state index in [-0.39, 0.29) is 5.97 Å². The van der Waals surface area contributed by atoms with Crippen molar-refractivity contribution in [3.63, 3.8) is 0 Å². The largest absolute Gasteiger partial charge is 0.457 e. The van der Waals surface area contributed by atoms with Gasteiger partial charge in [-0.3, -0.25) is 0 Å². The van der Waals surface area contributed by atoms with Crippen LogP contribution in [-0.4, -0.2) is 11.6 Å². The van der Waals surface area contributed by atoms with Gasteiger partial charge in [0.15, 0.2) is 0 Å². The number of fused-ring (bicyclic) bond motifs is 2. The van der Waals surface area contributed by atoms with Crippen molar-refractivity contribution in [3.05, 3.63) is 23.8 Å². The molecule has 2 nitrogen and oxygen atoms in total. The van der Waals surface area contributed by atoms with Gasteiger partial charge in [-0.2, -0.15) is 0 Å². The fourth-order valence-corrected chi connectivity index (χ4v) is 3.30. The molecule has 2 bridgehead atoms. The zero-order valence-electron chi connectivity index (χ0n) is 12.6. The van der Waals surface area contributed by atoms with Gasteiger partial charge in [0.2, 0.25) is 0 Å². The van der Waals surface area contributed by atoms with Crippen molar-refractivity contribution in [2.75, 3.05) is 0 Å². The Balaban J connectivity index is 1.86. The van der Waals surface area contributed by atoms with Crippen LogP contribution in [0.3, 0.4) is 0 Å². The molecule has 2 aliphatic carbocycles. The Morgan fingerprint density at radius 3 is 2.47 bits per heavy atom. The lowest BCUT2D eigenvalue weighted by Crippen LogP contribution is -2.24. The van der Waals surface area contributed by atoms with E-state index in [1.54, 1.807) is 0 Å². The van der Waals surface area contributed by atoms with Gasteiger partial charge < -0.3 is 4.74 Å². The molecule has 0 N–H and O–H groups in total. The topological polar surface area (TPSA) is 26.3 Å². The van der Waals surface area contributed by atoms with E-state index in [4.69, 9.17) is 4.74 Å². The summed E-state index contributed by atoms with van der Waals surface area (Å²) in [4.78, 5) is 11.8. The third-order valence-corrected chi connectivity index (χ3v) is 4.22. The molecule has 2 rings (SSSR count). The summed E-state index contributed by atoms with van der Waals surface area (Å²) in [6.07, 6.45) is 11.8. The molecule has 0 aromatic heterocycles. The van der Waals surface area contributed by atoms with Gasteiger partial charge in [0, 0.05) is 5.57 Å². The van der Waals surface area contributed by atoms with Crippen molar-refractivity contribution in [2.24, 2.45) is 17.8 Å². The molecule has 2 fully saturated rings. The van der Waals surface area contributed by atoms with Gasteiger partial charge in [-0.1, -0.05) is 24.6 Å². The number of hydrogen-bond acceptors (Lipinski definition) is 2. The van der Waals surface area contributed by atoms with Crippen LogP contribution in [0.1, 0.15) is 53.4 Å². The molecule has 0 aromatic carbocycles. The molecule has 2 heteroatoms. The van der Waals surface area contributed by atoms with E-state index in [1.807, 2.05) is 39.8 Å². The molecule has 0 saturated heterocycles. The summed E-state index contributed by atoms with van der Waals surface area (Å²) < 4.78 is 5.33. The van der Waals surface area contributed by atoms with Crippen LogP contribution in [0, 0.1) is 17.8 Å². The van der Waals surface area contributed by atoms with Crippen molar-refractivity contribution in [2.45, 2.75) is 59.0 Å². The lowest BCUT2D eigenvalue weighted by atomic mass is 9.88. The molecule has 106 valence electrons. The van der Waals surface area contributed by atoms with Crippen molar-refractivity contribution in [3.8, 4) is 0 Å². The van der Waals surface area contributed by atoms with Crippen molar-refractivity contribution in [1.82, 2.24) is 0 Å². The molecule has 2 saturated carbocycles. The number of hydrogen-bond donors (Lipinski definition) is 0. The molecule has 0 aromatic rings. The van der Waals surface area contributed by atoms with Crippen LogP contribution in [0.15, 0.2) is 23.8 Å². The third kappa shape index (κ3) is 3.95. The van der Waals surface area contributed by atoms with Crippen LogP contribution in [0.5, 0.6) is 0 Å². The van der Waals surface area contributed by atoms with Gasteiger partial charge in [-0.05, 0) is 64.7 Å². The zero-order valence-corrected chi connectivity index (χ0v) is 12.6. The number of carbonyl (C=O) groups excluding carboxylic acids is 1. The molecule has 0 heterocycles. The quantitative estimate of drug-likeness (QED) is 0.431.